The van der Waals surface area contributed by atoms with E-state index in [1.807, 2.05) is 4.90 Å². The van der Waals surface area contributed by atoms with Crippen LogP contribution >= 0.6 is 0 Å². The topological polar surface area (TPSA) is 95.7 Å². The predicted molar refractivity (Wildman–Crippen MR) is 77.2 cm³/mol. The lowest BCUT2D eigenvalue weighted by Crippen LogP contribution is -2.48. The normalized spacial score (nSPS) is 23.4. The summed E-state index contributed by atoms with van der Waals surface area (Å²) in [5.74, 6) is -0.294. The molecule has 2 aliphatic heterocycles. The maximum atomic E-state index is 12.1. The molecule has 3 amide bonds. The fraction of sp³-hybridized carbons (Fsp3) is 0.786. The molecule has 7 nitrogen and oxygen atoms in total. The molecule has 2 rings (SSSR count). The molecule has 0 aromatic heterocycles. The lowest BCUT2D eigenvalue weighted by molar-refractivity contribution is -0.143. The molecule has 0 radical (unpaired) electrons. The Bertz CT molecular complexity index is 413. The molecule has 21 heavy (non-hydrogen) atoms. The highest BCUT2D eigenvalue weighted by Crippen LogP contribution is 2.17. The average Bonchev–Trinajstić information content (AvgIpc) is 2.91. The molecule has 0 aromatic carbocycles. The maximum absolute atomic E-state index is 12.1. The van der Waals surface area contributed by atoms with E-state index in [1.165, 1.54) is 4.90 Å². The van der Waals surface area contributed by atoms with Crippen molar-refractivity contribution in [1.82, 2.24) is 15.1 Å². The van der Waals surface area contributed by atoms with Crippen LogP contribution in [0.4, 0.5) is 0 Å². The van der Waals surface area contributed by atoms with Gasteiger partial charge < -0.3 is 11.1 Å². The number of hydrogen-bond donors (Lipinski definition) is 2. The first kappa shape index (κ1) is 15.9. The molecule has 2 fully saturated rings. The molecule has 2 saturated heterocycles. The Morgan fingerprint density at radius 3 is 2.76 bits per heavy atom. The van der Waals surface area contributed by atoms with Crippen LogP contribution in [0.25, 0.3) is 0 Å². The first-order valence-electron chi connectivity index (χ1n) is 7.65. The van der Waals surface area contributed by atoms with Gasteiger partial charge >= 0.3 is 0 Å². The van der Waals surface area contributed by atoms with Crippen molar-refractivity contribution in [2.24, 2.45) is 11.7 Å². The van der Waals surface area contributed by atoms with E-state index in [2.05, 4.69) is 5.32 Å². The first-order valence-corrected chi connectivity index (χ1v) is 7.65. The quantitative estimate of drug-likeness (QED) is 0.673. The Labute approximate surface area is 124 Å². The Kier molecular flexibility index (Phi) is 5.69. The number of nitrogens with zero attached hydrogens (tertiary/aromatic N) is 2. The van der Waals surface area contributed by atoms with E-state index in [4.69, 9.17) is 5.73 Å². The van der Waals surface area contributed by atoms with Gasteiger partial charge in [0.05, 0.1) is 12.5 Å². The highest BCUT2D eigenvalue weighted by molar-refractivity contribution is 5.97. The summed E-state index contributed by atoms with van der Waals surface area (Å²) in [7, 11) is 0. The predicted octanol–water partition coefficient (Wildman–Crippen LogP) is -1.08. The number of likely N-dealkylation sites (tertiary alicyclic amines) is 2. The molecule has 0 aliphatic carbocycles. The molecular weight excluding hydrogens is 272 g/mol. The van der Waals surface area contributed by atoms with Crippen molar-refractivity contribution in [3.8, 4) is 0 Å². The van der Waals surface area contributed by atoms with Gasteiger partial charge in [-0.3, -0.25) is 24.2 Å². The van der Waals surface area contributed by atoms with E-state index >= 15 is 0 Å². The standard InChI is InChI=1S/C14H24N4O3/c15-5-6-16-14(21)11-3-1-7-17(9-11)10-13(20)18-8-2-4-12(18)19/h11H,1-10,15H2,(H,16,21). The number of nitrogens with two attached hydrogens (primary N) is 1. The summed E-state index contributed by atoms with van der Waals surface area (Å²) < 4.78 is 0. The second-order valence-corrected chi connectivity index (χ2v) is 5.70. The van der Waals surface area contributed by atoms with Gasteiger partial charge in [0, 0.05) is 32.6 Å². The molecule has 118 valence electrons. The number of nitrogens with one attached hydrogen (secondary N) is 1. The van der Waals surface area contributed by atoms with Gasteiger partial charge in [-0.05, 0) is 25.8 Å². The van der Waals surface area contributed by atoms with Crippen molar-refractivity contribution in [2.75, 3.05) is 39.3 Å². The molecule has 0 saturated carbocycles. The summed E-state index contributed by atoms with van der Waals surface area (Å²) >= 11 is 0. The maximum Gasteiger partial charge on any atom is 0.243 e. The van der Waals surface area contributed by atoms with Gasteiger partial charge in [-0.2, -0.15) is 0 Å². The zero-order valence-electron chi connectivity index (χ0n) is 12.3. The minimum atomic E-state index is -0.138. The summed E-state index contributed by atoms with van der Waals surface area (Å²) in [5.41, 5.74) is 5.38. The van der Waals surface area contributed by atoms with E-state index in [0.29, 0.717) is 32.6 Å². The third-order valence-corrected chi connectivity index (χ3v) is 4.05. The van der Waals surface area contributed by atoms with Crippen LogP contribution in [0.1, 0.15) is 25.7 Å². The van der Waals surface area contributed by atoms with E-state index in [1.54, 1.807) is 0 Å². The number of rotatable bonds is 5. The summed E-state index contributed by atoms with van der Waals surface area (Å²) in [5, 5.41) is 2.80. The molecule has 2 heterocycles. The highest BCUT2D eigenvalue weighted by atomic mass is 16.2. The van der Waals surface area contributed by atoms with Crippen molar-refractivity contribution < 1.29 is 14.4 Å². The van der Waals surface area contributed by atoms with Gasteiger partial charge in [-0.25, -0.2) is 0 Å². The van der Waals surface area contributed by atoms with Crippen LogP contribution in [-0.2, 0) is 14.4 Å². The zero-order valence-corrected chi connectivity index (χ0v) is 12.3. The molecular formula is C14H24N4O3. The Morgan fingerprint density at radius 1 is 1.29 bits per heavy atom. The number of carbonyl (C=O) groups is 3. The van der Waals surface area contributed by atoms with Crippen LogP contribution in [0.3, 0.4) is 0 Å². The Hall–Kier alpha value is -1.47. The Balaban J connectivity index is 1.82. The number of amides is 3. The molecule has 0 aromatic rings. The summed E-state index contributed by atoms with van der Waals surface area (Å²) in [6, 6.07) is 0. The van der Waals surface area contributed by atoms with Crippen molar-refractivity contribution in [3.05, 3.63) is 0 Å². The van der Waals surface area contributed by atoms with Crippen molar-refractivity contribution in [3.63, 3.8) is 0 Å². The van der Waals surface area contributed by atoms with Gasteiger partial charge in [-0.1, -0.05) is 0 Å². The molecule has 1 unspecified atom stereocenters. The third kappa shape index (κ3) is 4.25. The zero-order chi connectivity index (χ0) is 15.2. The Morgan fingerprint density at radius 2 is 2.10 bits per heavy atom. The smallest absolute Gasteiger partial charge is 0.243 e. The summed E-state index contributed by atoms with van der Waals surface area (Å²) in [6.07, 6.45) is 2.95. The molecule has 0 spiro atoms. The van der Waals surface area contributed by atoms with Gasteiger partial charge in [0.1, 0.15) is 0 Å². The lowest BCUT2D eigenvalue weighted by Gasteiger charge is -2.32. The second kappa shape index (κ2) is 7.51. The fourth-order valence-electron chi connectivity index (χ4n) is 2.94. The molecule has 3 N–H and O–H groups in total. The van der Waals surface area contributed by atoms with Crippen LogP contribution in [0.5, 0.6) is 0 Å². The van der Waals surface area contributed by atoms with Crippen molar-refractivity contribution in [1.29, 1.82) is 0 Å². The van der Waals surface area contributed by atoms with E-state index in [9.17, 15) is 14.4 Å². The van der Waals surface area contributed by atoms with Crippen LogP contribution in [-0.4, -0.2) is 66.8 Å². The van der Waals surface area contributed by atoms with Crippen LogP contribution < -0.4 is 11.1 Å². The van der Waals surface area contributed by atoms with Gasteiger partial charge in [-0.15, -0.1) is 0 Å². The van der Waals surface area contributed by atoms with Crippen molar-refractivity contribution in [2.45, 2.75) is 25.7 Å². The second-order valence-electron chi connectivity index (χ2n) is 5.70. The molecule has 0 bridgehead atoms. The van der Waals surface area contributed by atoms with E-state index < -0.39 is 0 Å². The van der Waals surface area contributed by atoms with E-state index in [0.717, 1.165) is 25.8 Å². The minimum Gasteiger partial charge on any atom is -0.355 e. The summed E-state index contributed by atoms with van der Waals surface area (Å²) in [6.45, 7) is 3.05. The first-order chi connectivity index (χ1) is 10.1. The van der Waals surface area contributed by atoms with Crippen molar-refractivity contribution >= 4 is 17.7 Å². The number of piperidine rings is 1. The van der Waals surface area contributed by atoms with Crippen LogP contribution in [0, 0.1) is 5.92 Å². The highest BCUT2D eigenvalue weighted by Gasteiger charge is 2.30. The molecule has 2 aliphatic rings. The van der Waals surface area contributed by atoms with Crippen LogP contribution in [0.2, 0.25) is 0 Å². The monoisotopic (exact) mass is 296 g/mol. The summed E-state index contributed by atoms with van der Waals surface area (Å²) in [4.78, 5) is 39.0. The third-order valence-electron chi connectivity index (χ3n) is 4.05. The molecule has 1 atom stereocenters. The number of hydrogen-bond acceptors (Lipinski definition) is 5. The van der Waals surface area contributed by atoms with Gasteiger partial charge in [0.2, 0.25) is 17.7 Å². The largest absolute Gasteiger partial charge is 0.355 e. The minimum absolute atomic E-state index is 0.00912. The number of imide groups is 1. The fourth-order valence-corrected chi connectivity index (χ4v) is 2.94. The van der Waals surface area contributed by atoms with Crippen LogP contribution in [0.15, 0.2) is 0 Å². The average molecular weight is 296 g/mol. The van der Waals surface area contributed by atoms with E-state index in [-0.39, 0.29) is 30.2 Å². The van der Waals surface area contributed by atoms with Gasteiger partial charge in [0.25, 0.3) is 0 Å². The van der Waals surface area contributed by atoms with Gasteiger partial charge in [0.15, 0.2) is 0 Å². The number of carbonyl (C=O) groups excluding carboxylic acids is 3. The SMILES string of the molecule is NCCNC(=O)C1CCCN(CC(=O)N2CCCC2=O)C1. The molecule has 7 heteroatoms. The lowest BCUT2D eigenvalue weighted by atomic mass is 9.97.